The first-order valence-electron chi connectivity index (χ1n) is 13.0. The number of halogens is 1. The number of methoxy groups -OCH3 is 1. The average molecular weight is 590 g/mol. The van der Waals surface area contributed by atoms with E-state index < -0.39 is 0 Å². The molecule has 7 heteroatoms. The average Bonchev–Trinajstić information content (AvgIpc) is 3.25. The van der Waals surface area contributed by atoms with Crippen molar-refractivity contribution >= 4 is 50.8 Å². The first-order chi connectivity index (χ1) is 18.7. The molecule has 0 saturated heterocycles. The van der Waals surface area contributed by atoms with Crippen LogP contribution in [0.1, 0.15) is 18.1 Å². The van der Waals surface area contributed by atoms with Gasteiger partial charge in [0.2, 0.25) is 12.1 Å². The van der Waals surface area contributed by atoms with E-state index in [2.05, 4.69) is 65.3 Å². The van der Waals surface area contributed by atoms with Crippen molar-refractivity contribution in [3.05, 3.63) is 90.1 Å². The molecular formula is C32H33BrN2O4. The Morgan fingerprint density at radius 3 is 2.46 bits per heavy atom. The van der Waals surface area contributed by atoms with Crippen molar-refractivity contribution < 1.29 is 40.6 Å². The van der Waals surface area contributed by atoms with Gasteiger partial charge in [-0.1, -0.05) is 48.6 Å². The summed E-state index contributed by atoms with van der Waals surface area (Å²) in [5.74, 6) is -0.236. The molecule has 0 unspecified atom stereocenters. The normalized spacial score (nSPS) is 11.4. The highest BCUT2D eigenvalue weighted by molar-refractivity contribution is 6.08. The van der Waals surface area contributed by atoms with Crippen molar-refractivity contribution in [3.63, 3.8) is 0 Å². The van der Waals surface area contributed by atoms with Crippen molar-refractivity contribution in [1.82, 2.24) is 4.57 Å². The predicted molar refractivity (Wildman–Crippen MR) is 152 cm³/mol. The first kappa shape index (κ1) is 28.5. The van der Waals surface area contributed by atoms with E-state index in [-0.39, 0.29) is 29.5 Å². The smallest absolute Gasteiger partial charge is 0.372 e. The second-order valence-corrected chi connectivity index (χ2v) is 9.11. The van der Waals surface area contributed by atoms with Crippen LogP contribution in [0.25, 0.3) is 44.9 Å². The maximum atomic E-state index is 12.1. The van der Waals surface area contributed by atoms with Crippen molar-refractivity contribution in [1.29, 1.82) is 0 Å². The molecule has 0 aliphatic rings. The number of hydrogen-bond donors (Lipinski definition) is 0. The molecule has 0 bridgehead atoms. The minimum Gasteiger partial charge on any atom is -1.00 e. The summed E-state index contributed by atoms with van der Waals surface area (Å²) in [6.07, 6.45) is 6.24. The summed E-state index contributed by atoms with van der Waals surface area (Å²) >= 11 is 0. The Kier molecular flexibility index (Phi) is 9.87. The lowest BCUT2D eigenvalue weighted by Crippen LogP contribution is -3.00. The molecule has 0 aliphatic carbocycles. The quantitative estimate of drug-likeness (QED) is 0.135. The number of nitrogens with zero attached hydrogens (tertiary/aromatic N) is 2. The van der Waals surface area contributed by atoms with Crippen molar-refractivity contribution in [2.75, 3.05) is 33.5 Å². The first-order valence-corrected chi connectivity index (χ1v) is 13.0. The Labute approximate surface area is 239 Å². The summed E-state index contributed by atoms with van der Waals surface area (Å²) in [4.78, 5) is 12.1. The Balaban J connectivity index is 0.00000353. The van der Waals surface area contributed by atoms with Gasteiger partial charge in [-0.2, -0.15) is 4.57 Å². The molecule has 2 aromatic heterocycles. The van der Waals surface area contributed by atoms with Crippen LogP contribution in [-0.4, -0.2) is 44.1 Å². The zero-order chi connectivity index (χ0) is 26.3. The van der Waals surface area contributed by atoms with E-state index >= 15 is 0 Å². The van der Waals surface area contributed by atoms with Crippen LogP contribution in [0, 0.1) is 0 Å². The second-order valence-electron chi connectivity index (χ2n) is 9.11. The predicted octanol–water partition coefficient (Wildman–Crippen LogP) is 2.64. The van der Waals surface area contributed by atoms with E-state index in [1.165, 1.54) is 21.8 Å². The number of fused-ring (bicyclic) bond motifs is 4. The van der Waals surface area contributed by atoms with E-state index in [1.807, 2.05) is 42.0 Å². The molecule has 0 aliphatic heterocycles. The molecule has 2 heterocycles. The Bertz CT molecular complexity index is 1610. The molecule has 0 radical (unpaired) electrons. The van der Waals surface area contributed by atoms with Gasteiger partial charge in [-0.25, -0.2) is 4.79 Å². The van der Waals surface area contributed by atoms with Crippen LogP contribution in [0.15, 0.2) is 79.0 Å². The number of carbonyl (C=O) groups is 1. The van der Waals surface area contributed by atoms with Crippen molar-refractivity contribution in [3.8, 4) is 0 Å². The number of rotatable bonds is 11. The fourth-order valence-corrected chi connectivity index (χ4v) is 4.94. The van der Waals surface area contributed by atoms with Gasteiger partial charge in [-0.3, -0.25) is 0 Å². The monoisotopic (exact) mass is 588 g/mol. The van der Waals surface area contributed by atoms with Crippen molar-refractivity contribution in [2.24, 2.45) is 0 Å². The Morgan fingerprint density at radius 1 is 0.872 bits per heavy atom. The van der Waals surface area contributed by atoms with Gasteiger partial charge < -0.3 is 35.8 Å². The summed E-state index contributed by atoms with van der Waals surface area (Å²) in [6.45, 7) is 5.01. The molecule has 0 spiro atoms. The zero-order valence-electron chi connectivity index (χ0n) is 22.3. The minimum atomic E-state index is -0.236. The number of aromatic nitrogens is 2. The fraction of sp³-hybridized carbons (Fsp3) is 0.250. The highest BCUT2D eigenvalue weighted by Gasteiger charge is 2.16. The molecule has 5 aromatic rings. The molecule has 6 nitrogen and oxygen atoms in total. The van der Waals surface area contributed by atoms with Gasteiger partial charge in [0.05, 0.1) is 31.8 Å². The van der Waals surface area contributed by atoms with Crippen LogP contribution in [0.4, 0.5) is 0 Å². The Morgan fingerprint density at radius 2 is 1.64 bits per heavy atom. The number of para-hydroxylation sites is 2. The highest BCUT2D eigenvalue weighted by atomic mass is 79.9. The van der Waals surface area contributed by atoms with E-state index in [0.29, 0.717) is 26.4 Å². The summed E-state index contributed by atoms with van der Waals surface area (Å²) in [5.41, 5.74) is 5.62. The number of esters is 1. The third-order valence-electron chi connectivity index (χ3n) is 6.71. The summed E-state index contributed by atoms with van der Waals surface area (Å²) < 4.78 is 20.2. The summed E-state index contributed by atoms with van der Waals surface area (Å²) in [7, 11) is 1.69. The van der Waals surface area contributed by atoms with E-state index in [0.717, 1.165) is 28.6 Å². The van der Waals surface area contributed by atoms with Crippen LogP contribution in [0.3, 0.4) is 0 Å². The lowest BCUT2D eigenvalue weighted by atomic mass is 10.1. The lowest BCUT2D eigenvalue weighted by Gasteiger charge is -2.08. The maximum Gasteiger partial charge on any atom is 0.372 e. The van der Waals surface area contributed by atoms with Crippen LogP contribution < -0.4 is 21.5 Å². The topological polar surface area (TPSA) is 53.6 Å². The van der Waals surface area contributed by atoms with Crippen LogP contribution >= 0.6 is 0 Å². The number of ether oxygens (including phenoxy) is 3. The molecule has 39 heavy (non-hydrogen) atoms. The fourth-order valence-electron chi connectivity index (χ4n) is 4.94. The highest BCUT2D eigenvalue weighted by Crippen LogP contribution is 2.30. The van der Waals surface area contributed by atoms with Gasteiger partial charge in [-0.05, 0) is 42.3 Å². The van der Waals surface area contributed by atoms with Crippen LogP contribution in [-0.2, 0) is 32.1 Å². The molecule has 0 fully saturated rings. The summed E-state index contributed by atoms with van der Waals surface area (Å²) in [5, 5.41) is 3.55. The largest absolute Gasteiger partial charge is 1.00 e. The van der Waals surface area contributed by atoms with Gasteiger partial charge in [0.25, 0.3) is 0 Å². The third-order valence-corrected chi connectivity index (χ3v) is 6.71. The SMILES string of the molecule is CCOC(=O)C[n+]1ccc(/C=C/c2ccc3c(c2)c2ccccc2n3CCOCCOC)c2ccccc21.[Br-]. The summed E-state index contributed by atoms with van der Waals surface area (Å²) in [6, 6.07) is 25.3. The Hall–Kier alpha value is -3.52. The molecule has 5 rings (SSSR count). The number of carbonyl (C=O) groups excluding carboxylic acids is 1. The molecule has 0 amide bonds. The van der Waals surface area contributed by atoms with E-state index in [1.54, 1.807) is 7.11 Å². The van der Waals surface area contributed by atoms with Gasteiger partial charge in [0.15, 0.2) is 6.20 Å². The maximum absolute atomic E-state index is 12.1. The molecule has 0 atom stereocenters. The molecule has 0 saturated carbocycles. The number of pyridine rings is 1. The standard InChI is InChI=1S/C32H33N2O4.BrH/c1-3-38-32(35)23-33-17-16-25(26-8-4-6-10-29(26)33)14-12-24-13-15-31-28(22-24)27-9-5-7-11-30(27)34(31)18-19-37-21-20-36-2;/h4-17,22H,3,18-21,23H2,1-2H3;1H/q+1;/p-1. The molecular weight excluding hydrogens is 556 g/mol. The zero-order valence-corrected chi connectivity index (χ0v) is 23.9. The molecule has 202 valence electrons. The van der Waals surface area contributed by atoms with E-state index in [4.69, 9.17) is 14.2 Å². The number of hydrogen-bond acceptors (Lipinski definition) is 4. The number of benzene rings is 3. The second kappa shape index (κ2) is 13.5. The van der Waals surface area contributed by atoms with Gasteiger partial charge >= 0.3 is 5.97 Å². The van der Waals surface area contributed by atoms with Gasteiger partial charge in [0.1, 0.15) is 0 Å². The van der Waals surface area contributed by atoms with Gasteiger partial charge in [-0.15, -0.1) is 0 Å². The van der Waals surface area contributed by atoms with Crippen molar-refractivity contribution in [2.45, 2.75) is 20.0 Å². The van der Waals surface area contributed by atoms with Crippen LogP contribution in [0.2, 0.25) is 0 Å². The molecule has 3 aromatic carbocycles. The van der Waals surface area contributed by atoms with Gasteiger partial charge in [0, 0.05) is 47.6 Å². The minimum absolute atomic E-state index is 0. The lowest BCUT2D eigenvalue weighted by molar-refractivity contribution is -0.660. The van der Waals surface area contributed by atoms with Crippen LogP contribution in [0.5, 0.6) is 0 Å². The van der Waals surface area contributed by atoms with E-state index in [9.17, 15) is 4.79 Å². The molecule has 0 N–H and O–H groups in total. The third kappa shape index (κ3) is 6.38.